The molecule has 0 aliphatic rings. The van der Waals surface area contributed by atoms with E-state index < -0.39 is 0 Å². The van der Waals surface area contributed by atoms with Crippen LogP contribution in [0.1, 0.15) is 308 Å². The summed E-state index contributed by atoms with van der Waals surface area (Å²) in [7, 11) is 0. The Bertz CT molecular complexity index is 1320. The fourth-order valence-corrected chi connectivity index (χ4v) is 9.61. The predicted molar refractivity (Wildman–Crippen MR) is 291 cm³/mol. The van der Waals surface area contributed by atoms with Gasteiger partial charge in [-0.1, -0.05) is 302 Å². The number of nitrogens with zero attached hydrogens (tertiary/aromatic N) is 2. The summed E-state index contributed by atoms with van der Waals surface area (Å²) in [4.78, 5) is 9.89. The van der Waals surface area contributed by atoms with Crippen LogP contribution in [0, 0.1) is 0 Å². The summed E-state index contributed by atoms with van der Waals surface area (Å²) in [6.07, 6.45) is 65.4. The summed E-state index contributed by atoms with van der Waals surface area (Å²) in [5.74, 6) is 0. The molecule has 2 rings (SSSR count). The molecule has 0 aliphatic heterocycles. The zero-order valence-corrected chi connectivity index (χ0v) is 43.4. The van der Waals surface area contributed by atoms with Gasteiger partial charge >= 0.3 is 0 Å². The minimum Gasteiger partial charge on any atom is -0.255 e. The molecule has 2 nitrogen and oxygen atoms in total. The van der Waals surface area contributed by atoms with Crippen LogP contribution >= 0.6 is 0 Å². The van der Waals surface area contributed by atoms with E-state index >= 15 is 0 Å². The Morgan fingerprint density at radius 2 is 0.594 bits per heavy atom. The van der Waals surface area contributed by atoms with Crippen LogP contribution in [0.25, 0.3) is 0 Å². The highest BCUT2D eigenvalue weighted by Gasteiger charge is 2.02. The number of benzene rings is 2. The third-order valence-electron chi connectivity index (χ3n) is 14.0. The molecule has 0 unspecified atom stereocenters. The third kappa shape index (κ3) is 36.9. The molecule has 0 aromatic heterocycles. The zero-order chi connectivity index (χ0) is 45.5. The lowest BCUT2D eigenvalue weighted by Gasteiger charge is -2.05. The highest BCUT2D eigenvalue weighted by Crippen LogP contribution is 2.21. The molecular weight excluding hydrogens is 773 g/mol. The first kappa shape index (κ1) is 57.9. The first-order valence-corrected chi connectivity index (χ1v) is 29.0. The minimum atomic E-state index is 0.881. The molecule has 366 valence electrons. The van der Waals surface area contributed by atoms with Gasteiger partial charge in [-0.2, -0.15) is 0 Å². The van der Waals surface area contributed by atoms with Crippen molar-refractivity contribution in [3.63, 3.8) is 0 Å². The average molecular weight is 882 g/mol. The van der Waals surface area contributed by atoms with Crippen molar-refractivity contribution in [1.82, 2.24) is 0 Å². The second kappa shape index (κ2) is 45.9. The van der Waals surface area contributed by atoms with Crippen molar-refractivity contribution in [2.24, 2.45) is 9.98 Å². The van der Waals surface area contributed by atoms with Crippen LogP contribution in [0.15, 0.2) is 58.5 Å². The molecule has 0 fully saturated rings. The van der Waals surface area contributed by atoms with Gasteiger partial charge in [-0.05, 0) is 67.5 Å². The number of aryl methyl sites for hydroxylation is 2. The molecule has 0 atom stereocenters. The summed E-state index contributed by atoms with van der Waals surface area (Å²) in [5, 5.41) is 0. The molecule has 0 N–H and O–H groups in total. The molecule has 0 radical (unpaired) electrons. The molecule has 0 saturated carbocycles. The van der Waals surface area contributed by atoms with E-state index in [1.807, 2.05) is 6.21 Å². The molecule has 0 aliphatic carbocycles. The number of unbranched alkanes of at least 4 members (excludes halogenated alkanes) is 40. The Kier molecular flexibility index (Phi) is 41.5. The number of hydrogen-bond acceptors (Lipinski definition) is 2. The van der Waals surface area contributed by atoms with Crippen LogP contribution in [0.5, 0.6) is 0 Å². The van der Waals surface area contributed by atoms with Crippen LogP contribution in [-0.4, -0.2) is 11.9 Å². The SMILES string of the molecule is CCCCCCCCCCCCCCCCCCCCCCCc1cccc(N=CC(CC)=Nc2cccc(CCCCCCCCCCCCCCCCCCCCCCC)c2)c1. The van der Waals surface area contributed by atoms with Gasteiger partial charge in [0.25, 0.3) is 0 Å². The van der Waals surface area contributed by atoms with E-state index in [9.17, 15) is 0 Å². The summed E-state index contributed by atoms with van der Waals surface area (Å²) >= 11 is 0. The Morgan fingerprint density at radius 1 is 0.328 bits per heavy atom. The molecule has 64 heavy (non-hydrogen) atoms. The van der Waals surface area contributed by atoms with Gasteiger partial charge in [-0.25, -0.2) is 0 Å². The predicted octanol–water partition coefficient (Wildman–Crippen LogP) is 22.1. The monoisotopic (exact) mass is 881 g/mol. The van der Waals surface area contributed by atoms with Crippen molar-refractivity contribution in [2.75, 3.05) is 0 Å². The zero-order valence-electron chi connectivity index (χ0n) is 43.4. The van der Waals surface area contributed by atoms with E-state index in [1.54, 1.807) is 0 Å². The second-order valence-corrected chi connectivity index (χ2v) is 20.2. The quantitative estimate of drug-likeness (QED) is 0.0467. The Morgan fingerprint density at radius 3 is 0.891 bits per heavy atom. The Hall–Kier alpha value is -2.22. The molecule has 0 spiro atoms. The van der Waals surface area contributed by atoms with E-state index in [4.69, 9.17) is 9.98 Å². The smallest absolute Gasteiger partial charge is 0.0636 e. The largest absolute Gasteiger partial charge is 0.255 e. The lowest BCUT2D eigenvalue weighted by Crippen LogP contribution is -1.97. The molecular formula is C62H108N2. The molecule has 2 aromatic carbocycles. The topological polar surface area (TPSA) is 24.7 Å². The average Bonchev–Trinajstić information content (AvgIpc) is 3.31. The van der Waals surface area contributed by atoms with Crippen molar-refractivity contribution in [3.8, 4) is 0 Å². The van der Waals surface area contributed by atoms with Crippen LogP contribution < -0.4 is 0 Å². The van der Waals surface area contributed by atoms with Crippen LogP contribution in [0.2, 0.25) is 0 Å². The summed E-state index contributed by atoms with van der Waals surface area (Å²) in [6, 6.07) is 17.8. The molecule has 0 saturated heterocycles. The van der Waals surface area contributed by atoms with Crippen molar-refractivity contribution in [3.05, 3.63) is 59.7 Å². The molecule has 2 heteroatoms. The van der Waals surface area contributed by atoms with Gasteiger partial charge in [0.05, 0.1) is 17.1 Å². The summed E-state index contributed by atoms with van der Waals surface area (Å²) < 4.78 is 0. The summed E-state index contributed by atoms with van der Waals surface area (Å²) in [5.41, 5.74) is 5.98. The maximum atomic E-state index is 5.01. The summed E-state index contributed by atoms with van der Waals surface area (Å²) in [6.45, 7) is 6.80. The molecule has 0 heterocycles. The van der Waals surface area contributed by atoms with Crippen molar-refractivity contribution in [2.45, 2.75) is 310 Å². The number of rotatable bonds is 48. The first-order valence-electron chi connectivity index (χ1n) is 29.0. The fourth-order valence-electron chi connectivity index (χ4n) is 9.61. The van der Waals surface area contributed by atoms with Crippen molar-refractivity contribution < 1.29 is 0 Å². The molecule has 2 aromatic rings. The van der Waals surface area contributed by atoms with Crippen LogP contribution in [-0.2, 0) is 12.8 Å². The molecule has 0 amide bonds. The van der Waals surface area contributed by atoms with Gasteiger partial charge in [0.2, 0.25) is 0 Å². The third-order valence-corrected chi connectivity index (χ3v) is 14.0. The molecule has 0 bridgehead atoms. The minimum absolute atomic E-state index is 0.881. The van der Waals surface area contributed by atoms with Crippen molar-refractivity contribution in [1.29, 1.82) is 0 Å². The van der Waals surface area contributed by atoms with E-state index in [1.165, 1.54) is 281 Å². The van der Waals surface area contributed by atoms with E-state index in [2.05, 4.69) is 69.3 Å². The number of hydrogen-bond donors (Lipinski definition) is 0. The lowest BCUT2D eigenvalue weighted by molar-refractivity contribution is 0.520. The number of aliphatic imine (C=N–C) groups is 2. The fraction of sp³-hybridized carbons (Fsp3) is 0.774. The van der Waals surface area contributed by atoms with Gasteiger partial charge < -0.3 is 0 Å². The van der Waals surface area contributed by atoms with Gasteiger partial charge in [0.1, 0.15) is 0 Å². The second-order valence-electron chi connectivity index (χ2n) is 20.2. The maximum absolute atomic E-state index is 5.01. The first-order chi connectivity index (χ1) is 31.7. The van der Waals surface area contributed by atoms with Crippen molar-refractivity contribution >= 4 is 23.3 Å². The van der Waals surface area contributed by atoms with Gasteiger partial charge in [-0.3, -0.25) is 9.98 Å². The van der Waals surface area contributed by atoms with E-state index in [0.717, 1.165) is 36.3 Å². The van der Waals surface area contributed by atoms with Gasteiger partial charge in [0.15, 0.2) is 0 Å². The van der Waals surface area contributed by atoms with E-state index in [0.29, 0.717) is 0 Å². The Balaban J connectivity index is 1.45. The highest BCUT2D eigenvalue weighted by atomic mass is 14.8. The van der Waals surface area contributed by atoms with Crippen LogP contribution in [0.4, 0.5) is 11.4 Å². The highest BCUT2D eigenvalue weighted by molar-refractivity contribution is 6.31. The lowest BCUT2D eigenvalue weighted by atomic mass is 10.0. The van der Waals surface area contributed by atoms with Gasteiger partial charge in [-0.15, -0.1) is 0 Å². The maximum Gasteiger partial charge on any atom is 0.0636 e. The van der Waals surface area contributed by atoms with Gasteiger partial charge in [0, 0.05) is 6.21 Å². The van der Waals surface area contributed by atoms with Crippen LogP contribution in [0.3, 0.4) is 0 Å². The Labute approximate surface area is 401 Å². The normalized spacial score (nSPS) is 12.0. The standard InChI is InChI=1S/C62H108N2/c1-4-7-9-11-13-15-17-19-21-23-25-27-29-31-33-35-37-39-41-43-45-49-58-51-47-53-61(55-58)63-57-60(6-3)64-62-54-48-52-59(56-62)50-46-44-42-40-38-36-34-32-30-28-26-24-22-20-18-16-14-12-10-8-5-2/h47-48,51-57H,4-46,49-50H2,1-3H3. The van der Waals surface area contributed by atoms with E-state index in [-0.39, 0.29) is 0 Å².